The Balaban J connectivity index is 1.63. The van der Waals surface area contributed by atoms with Crippen molar-refractivity contribution in [2.24, 2.45) is 0 Å². The van der Waals surface area contributed by atoms with E-state index in [1.165, 1.54) is 11.6 Å². The smallest absolute Gasteiger partial charge is 0.176 e. The highest BCUT2D eigenvalue weighted by Gasteiger charge is 2.06. The van der Waals surface area contributed by atoms with E-state index in [1.54, 1.807) is 29.1 Å². The van der Waals surface area contributed by atoms with Gasteiger partial charge in [-0.15, -0.1) is 0 Å². The molecule has 3 rings (SSSR count). The van der Waals surface area contributed by atoms with Crippen LogP contribution in [0.4, 0.5) is 15.9 Å². The van der Waals surface area contributed by atoms with Crippen LogP contribution in [0, 0.1) is 19.7 Å². The van der Waals surface area contributed by atoms with Crippen LogP contribution in [0.3, 0.4) is 0 Å². The predicted octanol–water partition coefficient (Wildman–Crippen LogP) is 4.50. The molecule has 0 spiro atoms. The number of nitrogens with one attached hydrogen (secondary N) is 2. The number of hydrogen-bond acceptors (Lipinski definition) is 2. The molecule has 0 atom stereocenters. The third-order valence-electron chi connectivity index (χ3n) is 3.80. The number of thiocarbonyl (C=S) groups is 1. The van der Waals surface area contributed by atoms with Crippen LogP contribution in [-0.2, 0) is 6.54 Å². The average molecular weight is 354 g/mol. The van der Waals surface area contributed by atoms with Gasteiger partial charge in [-0.2, -0.15) is 5.10 Å². The largest absolute Gasteiger partial charge is 0.332 e. The maximum Gasteiger partial charge on any atom is 0.176 e. The van der Waals surface area contributed by atoms with E-state index < -0.39 is 0 Å². The molecule has 0 amide bonds. The average Bonchev–Trinajstić information content (AvgIpc) is 2.99. The zero-order valence-electron chi connectivity index (χ0n) is 14.1. The quantitative estimate of drug-likeness (QED) is 0.677. The molecule has 0 unspecified atom stereocenters. The minimum Gasteiger partial charge on any atom is -0.332 e. The Labute approximate surface area is 151 Å². The van der Waals surface area contributed by atoms with E-state index in [2.05, 4.69) is 28.7 Å². The standard InChI is InChI=1S/C19H19FN4S/c1-13-7-8-17(14(2)11-13)21-19(25)22-18-9-10-24(23-18)12-15-5-3-4-6-16(15)20/h3-11H,12H2,1-2H3,(H2,21,22,23,25). The lowest BCUT2D eigenvalue weighted by molar-refractivity contribution is 0.586. The van der Waals surface area contributed by atoms with Crippen LogP contribution < -0.4 is 10.6 Å². The van der Waals surface area contributed by atoms with Gasteiger partial charge in [0.25, 0.3) is 0 Å². The second kappa shape index (κ2) is 7.44. The third-order valence-corrected chi connectivity index (χ3v) is 4.01. The molecule has 1 heterocycles. The molecule has 0 fully saturated rings. The molecule has 128 valence electrons. The van der Waals surface area contributed by atoms with E-state index in [0.29, 0.717) is 23.0 Å². The first-order valence-electron chi connectivity index (χ1n) is 7.93. The number of halogens is 1. The molecule has 2 N–H and O–H groups in total. The van der Waals surface area contributed by atoms with Crippen molar-refractivity contribution in [3.05, 3.63) is 77.2 Å². The SMILES string of the molecule is Cc1ccc(NC(=S)Nc2ccn(Cc3ccccc3F)n2)c(C)c1. The highest BCUT2D eigenvalue weighted by molar-refractivity contribution is 7.80. The highest BCUT2D eigenvalue weighted by atomic mass is 32.1. The van der Waals surface area contributed by atoms with Crippen molar-refractivity contribution < 1.29 is 4.39 Å². The lowest BCUT2D eigenvalue weighted by Gasteiger charge is -2.11. The van der Waals surface area contributed by atoms with Gasteiger partial charge in [0.15, 0.2) is 10.9 Å². The van der Waals surface area contributed by atoms with Crippen molar-refractivity contribution in [1.29, 1.82) is 0 Å². The normalized spacial score (nSPS) is 10.5. The molecule has 0 aliphatic heterocycles. The van der Waals surface area contributed by atoms with Gasteiger partial charge in [0.05, 0.1) is 6.54 Å². The Hall–Kier alpha value is -2.73. The van der Waals surface area contributed by atoms with Crippen LogP contribution in [0.15, 0.2) is 54.7 Å². The summed E-state index contributed by atoms with van der Waals surface area (Å²) in [4.78, 5) is 0. The van der Waals surface area contributed by atoms with Gasteiger partial charge < -0.3 is 10.6 Å². The Bertz CT molecular complexity index is 904. The molecule has 0 radical (unpaired) electrons. The van der Waals surface area contributed by atoms with Gasteiger partial charge in [0.2, 0.25) is 0 Å². The summed E-state index contributed by atoms with van der Waals surface area (Å²) >= 11 is 5.34. The van der Waals surface area contributed by atoms with Gasteiger partial charge >= 0.3 is 0 Å². The van der Waals surface area contributed by atoms with E-state index in [4.69, 9.17) is 12.2 Å². The monoisotopic (exact) mass is 354 g/mol. The van der Waals surface area contributed by atoms with Gasteiger partial charge in [0, 0.05) is 23.5 Å². The summed E-state index contributed by atoms with van der Waals surface area (Å²) in [7, 11) is 0. The molecular weight excluding hydrogens is 335 g/mol. The molecule has 0 saturated carbocycles. The minimum atomic E-state index is -0.237. The van der Waals surface area contributed by atoms with E-state index in [-0.39, 0.29) is 5.82 Å². The number of anilines is 2. The molecule has 4 nitrogen and oxygen atoms in total. The van der Waals surface area contributed by atoms with E-state index in [1.807, 2.05) is 25.1 Å². The van der Waals surface area contributed by atoms with Crippen LogP contribution in [0.25, 0.3) is 0 Å². The summed E-state index contributed by atoms with van der Waals surface area (Å²) in [6.07, 6.45) is 1.79. The Morgan fingerprint density at radius 2 is 1.92 bits per heavy atom. The minimum absolute atomic E-state index is 0.237. The molecule has 25 heavy (non-hydrogen) atoms. The molecule has 0 aliphatic carbocycles. The predicted molar refractivity (Wildman–Crippen MR) is 103 cm³/mol. The van der Waals surface area contributed by atoms with Crippen molar-refractivity contribution in [2.45, 2.75) is 20.4 Å². The van der Waals surface area contributed by atoms with Gasteiger partial charge in [-0.3, -0.25) is 4.68 Å². The number of nitrogens with zero attached hydrogens (tertiary/aromatic N) is 2. The van der Waals surface area contributed by atoms with E-state index in [9.17, 15) is 4.39 Å². The Morgan fingerprint density at radius 3 is 2.68 bits per heavy atom. The first kappa shape index (κ1) is 17.1. The zero-order valence-corrected chi connectivity index (χ0v) is 14.9. The maximum absolute atomic E-state index is 13.7. The molecule has 6 heteroatoms. The summed E-state index contributed by atoms with van der Waals surface area (Å²) in [5, 5.41) is 11.1. The zero-order chi connectivity index (χ0) is 17.8. The van der Waals surface area contributed by atoms with Crippen LogP contribution in [0.1, 0.15) is 16.7 Å². The summed E-state index contributed by atoms with van der Waals surface area (Å²) in [5.41, 5.74) is 3.87. The number of benzene rings is 2. The van der Waals surface area contributed by atoms with Crippen molar-refractivity contribution in [3.63, 3.8) is 0 Å². The highest BCUT2D eigenvalue weighted by Crippen LogP contribution is 2.16. The topological polar surface area (TPSA) is 41.9 Å². The fourth-order valence-corrected chi connectivity index (χ4v) is 2.76. The summed E-state index contributed by atoms with van der Waals surface area (Å²) in [6, 6.07) is 14.6. The number of hydrogen-bond donors (Lipinski definition) is 2. The molecule has 3 aromatic rings. The van der Waals surface area contributed by atoms with E-state index in [0.717, 1.165) is 11.3 Å². The second-order valence-corrected chi connectivity index (χ2v) is 6.30. The van der Waals surface area contributed by atoms with Crippen molar-refractivity contribution in [3.8, 4) is 0 Å². The summed E-state index contributed by atoms with van der Waals surface area (Å²) in [6.45, 7) is 4.45. The van der Waals surface area contributed by atoms with Gasteiger partial charge in [-0.1, -0.05) is 35.9 Å². The van der Waals surface area contributed by atoms with Gasteiger partial charge in [0.1, 0.15) is 5.82 Å². The molecule has 0 bridgehead atoms. The van der Waals surface area contributed by atoms with Gasteiger partial charge in [-0.25, -0.2) is 4.39 Å². The first-order valence-corrected chi connectivity index (χ1v) is 8.34. The number of rotatable bonds is 4. The van der Waals surface area contributed by atoms with Crippen LogP contribution >= 0.6 is 12.2 Å². The fraction of sp³-hybridized carbons (Fsp3) is 0.158. The first-order chi connectivity index (χ1) is 12.0. The molecule has 0 saturated heterocycles. The van der Waals surface area contributed by atoms with Crippen LogP contribution in [0.2, 0.25) is 0 Å². The summed E-state index contributed by atoms with van der Waals surface area (Å²) in [5.74, 6) is 0.373. The fourth-order valence-electron chi connectivity index (χ4n) is 2.54. The summed E-state index contributed by atoms with van der Waals surface area (Å²) < 4.78 is 15.4. The Kier molecular flexibility index (Phi) is 5.09. The third kappa shape index (κ3) is 4.42. The van der Waals surface area contributed by atoms with Crippen LogP contribution in [0.5, 0.6) is 0 Å². The van der Waals surface area contributed by atoms with Crippen molar-refractivity contribution in [1.82, 2.24) is 9.78 Å². The lowest BCUT2D eigenvalue weighted by Crippen LogP contribution is -2.20. The molecule has 2 aromatic carbocycles. The number of aryl methyl sites for hydroxylation is 2. The molecule has 1 aromatic heterocycles. The Morgan fingerprint density at radius 1 is 1.12 bits per heavy atom. The van der Waals surface area contributed by atoms with Gasteiger partial charge in [-0.05, 0) is 43.8 Å². The van der Waals surface area contributed by atoms with Crippen molar-refractivity contribution >= 4 is 28.8 Å². The second-order valence-electron chi connectivity index (χ2n) is 5.89. The number of aromatic nitrogens is 2. The lowest BCUT2D eigenvalue weighted by atomic mass is 10.1. The molecule has 0 aliphatic rings. The maximum atomic E-state index is 13.7. The van der Waals surface area contributed by atoms with E-state index >= 15 is 0 Å². The molecular formula is C19H19FN4S. The van der Waals surface area contributed by atoms with Crippen LogP contribution in [-0.4, -0.2) is 14.9 Å². The van der Waals surface area contributed by atoms with Crippen molar-refractivity contribution in [2.75, 3.05) is 10.6 Å².